The molecular formula is C12H18BrClN2O2S. The summed E-state index contributed by atoms with van der Waals surface area (Å²) in [6, 6.07) is 5.04. The number of hydrogen-bond acceptors (Lipinski definition) is 3. The second-order valence-electron chi connectivity index (χ2n) is 4.68. The van der Waals surface area contributed by atoms with Crippen LogP contribution in [0.1, 0.15) is 18.4 Å². The average molecular weight is 370 g/mol. The highest BCUT2D eigenvalue weighted by molar-refractivity contribution is 9.10. The first-order valence-corrected chi connectivity index (χ1v) is 8.16. The fourth-order valence-electron chi connectivity index (χ4n) is 2.12. The maximum Gasteiger partial charge on any atom is 0.243 e. The van der Waals surface area contributed by atoms with Gasteiger partial charge < -0.3 is 5.73 Å². The molecule has 19 heavy (non-hydrogen) atoms. The summed E-state index contributed by atoms with van der Waals surface area (Å²) < 4.78 is 27.3. The molecule has 1 aliphatic rings. The van der Waals surface area contributed by atoms with Crippen LogP contribution < -0.4 is 5.73 Å². The minimum absolute atomic E-state index is 0. The van der Waals surface area contributed by atoms with Crippen molar-refractivity contribution in [2.75, 3.05) is 13.1 Å². The predicted molar refractivity (Wildman–Crippen MR) is 82.1 cm³/mol. The lowest BCUT2D eigenvalue weighted by atomic mass is 10.1. The standard InChI is InChI=1S/C12H17BrN2O2S.ClH/c1-9-7-11(4-5-12(9)13)18(16,17)15-6-2-3-10(14)8-15;/h4-5,7,10H,2-3,6,8,14H2,1H3;1H/t10-;/m1./s1. The van der Waals surface area contributed by atoms with Gasteiger partial charge in [-0.05, 0) is 43.5 Å². The molecule has 0 amide bonds. The molecule has 108 valence electrons. The third kappa shape index (κ3) is 3.70. The number of nitrogens with two attached hydrogens (primary N) is 1. The minimum atomic E-state index is -3.40. The first-order valence-electron chi connectivity index (χ1n) is 5.93. The quantitative estimate of drug-likeness (QED) is 0.870. The lowest BCUT2D eigenvalue weighted by Gasteiger charge is -2.29. The lowest BCUT2D eigenvalue weighted by molar-refractivity contribution is 0.316. The average Bonchev–Trinajstić information content (AvgIpc) is 2.32. The SMILES string of the molecule is Cc1cc(S(=O)(=O)N2CCC[C@@H](N)C2)ccc1Br.Cl. The Bertz CT molecular complexity index is 551. The summed E-state index contributed by atoms with van der Waals surface area (Å²) in [6.07, 6.45) is 1.72. The molecule has 0 saturated carbocycles. The first kappa shape index (κ1) is 16.9. The number of rotatable bonds is 2. The third-order valence-corrected chi connectivity index (χ3v) is 5.94. The predicted octanol–water partition coefficient (Wildman–Crippen LogP) is 2.29. The number of sulfonamides is 1. The number of hydrogen-bond donors (Lipinski definition) is 1. The fourth-order valence-corrected chi connectivity index (χ4v) is 3.99. The van der Waals surface area contributed by atoms with Crippen molar-refractivity contribution in [3.63, 3.8) is 0 Å². The molecule has 1 saturated heterocycles. The van der Waals surface area contributed by atoms with Crippen molar-refractivity contribution in [3.8, 4) is 0 Å². The Morgan fingerprint density at radius 2 is 2.11 bits per heavy atom. The van der Waals surface area contributed by atoms with Gasteiger partial charge in [0.25, 0.3) is 0 Å². The van der Waals surface area contributed by atoms with Gasteiger partial charge in [-0.3, -0.25) is 0 Å². The van der Waals surface area contributed by atoms with Crippen LogP contribution in [-0.4, -0.2) is 31.9 Å². The monoisotopic (exact) mass is 368 g/mol. The van der Waals surface area contributed by atoms with E-state index < -0.39 is 10.0 Å². The van der Waals surface area contributed by atoms with Crippen LogP contribution >= 0.6 is 28.3 Å². The lowest BCUT2D eigenvalue weighted by Crippen LogP contribution is -2.45. The van der Waals surface area contributed by atoms with Crippen LogP contribution in [0.15, 0.2) is 27.6 Å². The molecule has 0 aromatic heterocycles. The van der Waals surface area contributed by atoms with Crippen molar-refractivity contribution in [2.24, 2.45) is 5.73 Å². The van der Waals surface area contributed by atoms with Gasteiger partial charge in [0.05, 0.1) is 4.90 Å². The van der Waals surface area contributed by atoms with Gasteiger partial charge >= 0.3 is 0 Å². The Balaban J connectivity index is 0.00000180. The van der Waals surface area contributed by atoms with Gasteiger partial charge in [0, 0.05) is 23.6 Å². The number of aryl methyl sites for hydroxylation is 1. The van der Waals surface area contributed by atoms with Gasteiger partial charge in [0.15, 0.2) is 0 Å². The molecule has 0 unspecified atom stereocenters. The van der Waals surface area contributed by atoms with Crippen LogP contribution in [-0.2, 0) is 10.0 Å². The molecule has 1 atom stereocenters. The molecule has 7 heteroatoms. The summed E-state index contributed by atoms with van der Waals surface area (Å²) in [5, 5.41) is 0. The van der Waals surface area contributed by atoms with E-state index in [1.54, 1.807) is 18.2 Å². The van der Waals surface area contributed by atoms with Crippen molar-refractivity contribution in [1.29, 1.82) is 0 Å². The third-order valence-electron chi connectivity index (χ3n) is 3.19. The van der Waals surface area contributed by atoms with Crippen molar-refractivity contribution in [3.05, 3.63) is 28.2 Å². The topological polar surface area (TPSA) is 63.4 Å². The normalized spacial score (nSPS) is 20.9. The number of piperidine rings is 1. The van der Waals surface area contributed by atoms with Gasteiger partial charge in [-0.15, -0.1) is 12.4 Å². The molecule has 0 bridgehead atoms. The molecule has 2 rings (SSSR count). The van der Waals surface area contributed by atoms with Crippen LogP contribution in [0.2, 0.25) is 0 Å². The van der Waals surface area contributed by atoms with Crippen LogP contribution in [0.5, 0.6) is 0 Å². The largest absolute Gasteiger partial charge is 0.327 e. The van der Waals surface area contributed by atoms with E-state index in [-0.39, 0.29) is 18.4 Å². The summed E-state index contributed by atoms with van der Waals surface area (Å²) in [7, 11) is -3.40. The Morgan fingerprint density at radius 1 is 1.42 bits per heavy atom. The molecule has 1 aliphatic heterocycles. The highest BCUT2D eigenvalue weighted by Crippen LogP contribution is 2.24. The zero-order chi connectivity index (χ0) is 13.3. The Morgan fingerprint density at radius 3 is 2.68 bits per heavy atom. The fraction of sp³-hybridized carbons (Fsp3) is 0.500. The van der Waals surface area contributed by atoms with Crippen molar-refractivity contribution in [1.82, 2.24) is 4.31 Å². The van der Waals surface area contributed by atoms with Crippen molar-refractivity contribution >= 4 is 38.4 Å². The highest BCUT2D eigenvalue weighted by atomic mass is 79.9. The molecule has 1 aromatic carbocycles. The van der Waals surface area contributed by atoms with Crippen molar-refractivity contribution < 1.29 is 8.42 Å². The van der Waals surface area contributed by atoms with E-state index >= 15 is 0 Å². The van der Waals surface area contributed by atoms with Crippen LogP contribution in [0.25, 0.3) is 0 Å². The number of nitrogens with zero attached hydrogens (tertiary/aromatic N) is 1. The molecule has 0 spiro atoms. The maximum atomic E-state index is 12.5. The summed E-state index contributed by atoms with van der Waals surface area (Å²) in [5.41, 5.74) is 6.75. The van der Waals surface area contributed by atoms with Gasteiger partial charge in [-0.1, -0.05) is 15.9 Å². The minimum Gasteiger partial charge on any atom is -0.327 e. The summed E-state index contributed by atoms with van der Waals surface area (Å²) in [4.78, 5) is 0.345. The van der Waals surface area contributed by atoms with E-state index in [2.05, 4.69) is 15.9 Å². The van der Waals surface area contributed by atoms with Gasteiger partial charge in [-0.25, -0.2) is 8.42 Å². The number of benzene rings is 1. The second kappa shape index (κ2) is 6.54. The van der Waals surface area contributed by atoms with Gasteiger partial charge in [0.1, 0.15) is 0 Å². The smallest absolute Gasteiger partial charge is 0.243 e. The molecule has 4 nitrogen and oxygen atoms in total. The van der Waals surface area contributed by atoms with Gasteiger partial charge in [-0.2, -0.15) is 4.31 Å². The summed E-state index contributed by atoms with van der Waals surface area (Å²) in [6.45, 7) is 2.85. The molecule has 1 aromatic rings. The highest BCUT2D eigenvalue weighted by Gasteiger charge is 2.28. The van der Waals surface area contributed by atoms with E-state index in [0.717, 1.165) is 22.9 Å². The summed E-state index contributed by atoms with van der Waals surface area (Å²) in [5.74, 6) is 0. The Kier molecular flexibility index (Phi) is 5.82. The zero-order valence-electron chi connectivity index (χ0n) is 10.7. The van der Waals surface area contributed by atoms with E-state index in [9.17, 15) is 8.42 Å². The second-order valence-corrected chi connectivity index (χ2v) is 7.47. The Labute approximate surface area is 128 Å². The van der Waals surface area contributed by atoms with E-state index in [1.165, 1.54) is 4.31 Å². The van der Waals surface area contributed by atoms with E-state index in [4.69, 9.17) is 5.73 Å². The maximum absolute atomic E-state index is 12.5. The van der Waals surface area contributed by atoms with Crippen LogP contribution in [0.4, 0.5) is 0 Å². The van der Waals surface area contributed by atoms with Crippen molar-refractivity contribution in [2.45, 2.75) is 30.7 Å². The van der Waals surface area contributed by atoms with Crippen LogP contribution in [0, 0.1) is 6.92 Å². The molecule has 1 fully saturated rings. The molecular weight excluding hydrogens is 352 g/mol. The summed E-state index contributed by atoms with van der Waals surface area (Å²) >= 11 is 3.37. The van der Waals surface area contributed by atoms with Gasteiger partial charge in [0.2, 0.25) is 10.0 Å². The zero-order valence-corrected chi connectivity index (χ0v) is 13.9. The van der Waals surface area contributed by atoms with E-state index in [1.807, 2.05) is 6.92 Å². The van der Waals surface area contributed by atoms with Crippen LogP contribution in [0.3, 0.4) is 0 Å². The van der Waals surface area contributed by atoms with E-state index in [0.29, 0.717) is 18.0 Å². The molecule has 0 radical (unpaired) electrons. The molecule has 0 aliphatic carbocycles. The molecule has 2 N–H and O–H groups in total. The Hall–Kier alpha value is -0.140. The first-order chi connectivity index (χ1) is 8.41. The number of halogens is 2. The molecule has 1 heterocycles.